The van der Waals surface area contributed by atoms with Crippen LogP contribution in [0.15, 0.2) is 29.3 Å². The molecule has 0 bridgehead atoms. The Morgan fingerprint density at radius 1 is 1.24 bits per heavy atom. The van der Waals surface area contributed by atoms with E-state index in [0.717, 1.165) is 56.1 Å². The molecule has 0 saturated carbocycles. The largest absolute Gasteiger partial charge is 0.416 e. The van der Waals surface area contributed by atoms with Crippen LogP contribution in [0.1, 0.15) is 36.9 Å². The second-order valence-corrected chi connectivity index (χ2v) is 6.99. The fourth-order valence-electron chi connectivity index (χ4n) is 3.32. The summed E-state index contributed by atoms with van der Waals surface area (Å²) in [5.74, 6) is 0.790. The molecule has 166 valence electrons. The second kappa shape index (κ2) is 12.6. The number of hydrogen-bond acceptors (Lipinski definition) is 3. The van der Waals surface area contributed by atoms with E-state index in [0.29, 0.717) is 19.8 Å². The van der Waals surface area contributed by atoms with Crippen LogP contribution in [-0.4, -0.2) is 69.2 Å². The van der Waals surface area contributed by atoms with Crippen molar-refractivity contribution >= 4 is 29.9 Å². The lowest BCUT2D eigenvalue weighted by Gasteiger charge is -2.36. The Morgan fingerprint density at radius 3 is 2.38 bits per heavy atom. The van der Waals surface area contributed by atoms with Crippen LogP contribution in [0.25, 0.3) is 0 Å². The number of alkyl halides is 3. The Balaban J connectivity index is 0.00000420. The summed E-state index contributed by atoms with van der Waals surface area (Å²) in [5, 5.41) is 3.39. The lowest BCUT2D eigenvalue weighted by Crippen LogP contribution is -2.46. The molecule has 1 aliphatic heterocycles. The molecule has 1 aromatic carbocycles. The highest BCUT2D eigenvalue weighted by atomic mass is 127. The number of morpholine rings is 1. The van der Waals surface area contributed by atoms with Crippen LogP contribution in [0.2, 0.25) is 0 Å². The lowest BCUT2D eigenvalue weighted by molar-refractivity contribution is -0.137. The molecule has 1 saturated heterocycles. The summed E-state index contributed by atoms with van der Waals surface area (Å²) in [6, 6.07) is 5.42. The molecule has 1 aliphatic rings. The van der Waals surface area contributed by atoms with Crippen LogP contribution >= 0.6 is 24.0 Å². The van der Waals surface area contributed by atoms with Gasteiger partial charge in [0.2, 0.25) is 0 Å². The predicted octanol–water partition coefficient (Wildman–Crippen LogP) is 4.00. The van der Waals surface area contributed by atoms with E-state index in [-0.39, 0.29) is 30.0 Å². The van der Waals surface area contributed by atoms with Crippen LogP contribution in [0.4, 0.5) is 13.2 Å². The van der Waals surface area contributed by atoms with Gasteiger partial charge < -0.3 is 15.0 Å². The third kappa shape index (κ3) is 7.93. The van der Waals surface area contributed by atoms with Crippen LogP contribution in [-0.2, 0) is 10.9 Å². The van der Waals surface area contributed by atoms with Crippen molar-refractivity contribution in [2.24, 2.45) is 4.99 Å². The number of guanidine groups is 1. The minimum absolute atomic E-state index is 0. The van der Waals surface area contributed by atoms with Gasteiger partial charge in [-0.05, 0) is 24.1 Å². The van der Waals surface area contributed by atoms with E-state index in [1.807, 2.05) is 7.05 Å². The fraction of sp³-hybridized carbons (Fsp3) is 0.650. The Bertz CT molecular complexity index is 619. The summed E-state index contributed by atoms with van der Waals surface area (Å²) in [6.45, 7) is 6.36. The van der Waals surface area contributed by atoms with Crippen molar-refractivity contribution in [3.05, 3.63) is 35.4 Å². The minimum atomic E-state index is -4.32. The van der Waals surface area contributed by atoms with Crippen molar-refractivity contribution in [3.63, 3.8) is 0 Å². The zero-order chi connectivity index (χ0) is 20.6. The number of rotatable bonds is 7. The van der Waals surface area contributed by atoms with Gasteiger partial charge in [0.25, 0.3) is 0 Å². The highest BCUT2D eigenvalue weighted by Gasteiger charge is 2.31. The van der Waals surface area contributed by atoms with Crippen molar-refractivity contribution < 1.29 is 17.9 Å². The fourth-order valence-corrected chi connectivity index (χ4v) is 3.32. The normalized spacial score (nSPS) is 16.8. The average Bonchev–Trinajstić information content (AvgIpc) is 2.69. The van der Waals surface area contributed by atoms with Gasteiger partial charge in [-0.2, -0.15) is 13.2 Å². The first-order chi connectivity index (χ1) is 13.4. The first-order valence-electron chi connectivity index (χ1n) is 9.77. The maximum Gasteiger partial charge on any atom is 0.416 e. The maximum atomic E-state index is 12.9. The van der Waals surface area contributed by atoms with Crippen molar-refractivity contribution in [2.45, 2.75) is 32.0 Å². The van der Waals surface area contributed by atoms with Gasteiger partial charge in [-0.3, -0.25) is 9.89 Å². The number of hydrogen-bond donors (Lipinski definition) is 1. The van der Waals surface area contributed by atoms with E-state index in [1.54, 1.807) is 19.2 Å². The topological polar surface area (TPSA) is 40.1 Å². The van der Waals surface area contributed by atoms with E-state index >= 15 is 0 Å². The van der Waals surface area contributed by atoms with Crippen molar-refractivity contribution in [2.75, 3.05) is 53.5 Å². The lowest BCUT2D eigenvalue weighted by atomic mass is 10.0. The Morgan fingerprint density at radius 2 is 1.86 bits per heavy atom. The van der Waals surface area contributed by atoms with E-state index in [9.17, 15) is 13.2 Å². The molecular weight excluding hydrogens is 496 g/mol. The molecule has 0 radical (unpaired) electrons. The third-order valence-electron chi connectivity index (χ3n) is 4.98. The first-order valence-corrected chi connectivity index (χ1v) is 9.77. The van der Waals surface area contributed by atoms with Gasteiger partial charge in [-0.15, -0.1) is 24.0 Å². The van der Waals surface area contributed by atoms with Gasteiger partial charge in [0.15, 0.2) is 5.96 Å². The summed E-state index contributed by atoms with van der Waals surface area (Å²) in [6.07, 6.45) is -2.15. The Kier molecular flexibility index (Phi) is 11.3. The maximum absolute atomic E-state index is 12.9. The van der Waals surface area contributed by atoms with Crippen molar-refractivity contribution in [3.8, 4) is 0 Å². The number of aliphatic imine (C=N–C) groups is 1. The van der Waals surface area contributed by atoms with E-state index < -0.39 is 11.7 Å². The van der Waals surface area contributed by atoms with Crippen LogP contribution in [0, 0.1) is 0 Å². The smallest absolute Gasteiger partial charge is 0.379 e. The van der Waals surface area contributed by atoms with Gasteiger partial charge in [0.1, 0.15) is 0 Å². The number of ether oxygens (including phenoxy) is 1. The Labute approximate surface area is 188 Å². The molecule has 2 rings (SSSR count). The molecule has 0 aromatic heterocycles. The number of unbranched alkanes of at least 4 members (excludes halogenated alkanes) is 1. The zero-order valence-electron chi connectivity index (χ0n) is 17.3. The minimum Gasteiger partial charge on any atom is -0.379 e. The summed E-state index contributed by atoms with van der Waals surface area (Å²) in [4.78, 5) is 8.66. The molecule has 1 unspecified atom stereocenters. The van der Waals surface area contributed by atoms with E-state index in [2.05, 4.69) is 27.0 Å². The van der Waals surface area contributed by atoms with E-state index in [1.165, 1.54) is 0 Å². The monoisotopic (exact) mass is 528 g/mol. The number of halogens is 4. The molecule has 0 spiro atoms. The molecule has 1 atom stereocenters. The quantitative estimate of drug-likeness (QED) is 0.330. The molecular formula is C20H32F3IN4O. The van der Waals surface area contributed by atoms with Gasteiger partial charge >= 0.3 is 6.18 Å². The molecule has 29 heavy (non-hydrogen) atoms. The molecule has 0 aliphatic carbocycles. The molecule has 9 heteroatoms. The molecule has 5 nitrogen and oxygen atoms in total. The van der Waals surface area contributed by atoms with Crippen LogP contribution < -0.4 is 5.32 Å². The average molecular weight is 528 g/mol. The van der Waals surface area contributed by atoms with Crippen molar-refractivity contribution in [1.82, 2.24) is 15.1 Å². The standard InChI is InChI=1S/C20H31F3N4O.HI/c1-4-5-10-26(3)19(24-2)25-15-18(27-11-13-28-14-12-27)16-6-8-17(9-7-16)20(21,22)23;/h6-9,18H,4-5,10-15H2,1-3H3,(H,24,25);1H. The summed E-state index contributed by atoms with van der Waals surface area (Å²) in [5.41, 5.74) is 0.231. The number of benzene rings is 1. The van der Waals surface area contributed by atoms with Gasteiger partial charge in [0.05, 0.1) is 24.8 Å². The first kappa shape index (κ1) is 26.0. The molecule has 1 N–H and O–H groups in total. The van der Waals surface area contributed by atoms with Crippen LogP contribution in [0.5, 0.6) is 0 Å². The van der Waals surface area contributed by atoms with E-state index in [4.69, 9.17) is 4.74 Å². The van der Waals surface area contributed by atoms with Gasteiger partial charge in [0, 0.05) is 40.3 Å². The Hall–Kier alpha value is -1.07. The molecule has 1 aromatic rings. The molecule has 1 fully saturated rings. The number of nitrogens with one attached hydrogen (secondary N) is 1. The zero-order valence-corrected chi connectivity index (χ0v) is 19.7. The summed E-state index contributed by atoms with van der Waals surface area (Å²) >= 11 is 0. The highest BCUT2D eigenvalue weighted by molar-refractivity contribution is 14.0. The van der Waals surface area contributed by atoms with Crippen molar-refractivity contribution in [1.29, 1.82) is 0 Å². The molecule has 1 heterocycles. The van der Waals surface area contributed by atoms with Gasteiger partial charge in [-0.25, -0.2) is 0 Å². The second-order valence-electron chi connectivity index (χ2n) is 6.99. The molecule has 0 amide bonds. The highest BCUT2D eigenvalue weighted by Crippen LogP contribution is 2.31. The third-order valence-corrected chi connectivity index (χ3v) is 4.98. The summed E-state index contributed by atoms with van der Waals surface area (Å²) in [7, 11) is 3.74. The summed E-state index contributed by atoms with van der Waals surface area (Å²) < 4.78 is 44.2. The SMILES string of the molecule is CCCCN(C)C(=NC)NCC(c1ccc(C(F)(F)F)cc1)N1CCOCC1.I. The number of nitrogens with zero attached hydrogens (tertiary/aromatic N) is 3. The van der Waals surface area contributed by atoms with Crippen LogP contribution in [0.3, 0.4) is 0 Å². The predicted molar refractivity (Wildman–Crippen MR) is 121 cm³/mol. The van der Waals surface area contributed by atoms with Gasteiger partial charge in [-0.1, -0.05) is 25.5 Å².